The Morgan fingerprint density at radius 2 is 2.13 bits per heavy atom. The second-order valence-corrected chi connectivity index (χ2v) is 5.72. The summed E-state index contributed by atoms with van der Waals surface area (Å²) in [5.41, 5.74) is 3.79. The highest BCUT2D eigenvalue weighted by atomic mass is 16.2. The number of rotatable bonds is 3. The van der Waals surface area contributed by atoms with Crippen molar-refractivity contribution in [2.45, 2.75) is 32.9 Å². The molecule has 6 nitrogen and oxygen atoms in total. The van der Waals surface area contributed by atoms with E-state index in [2.05, 4.69) is 15.0 Å². The SMILES string of the molecule is CCc1ncc2c(n1)CN(C(=O)Cc1cnc3ccccn13)C2. The zero-order valence-electron chi connectivity index (χ0n) is 12.9. The lowest BCUT2D eigenvalue weighted by atomic mass is 10.2. The number of aromatic nitrogens is 4. The number of carbonyl (C=O) groups excluding carboxylic acids is 1. The summed E-state index contributed by atoms with van der Waals surface area (Å²) >= 11 is 0. The third-order valence-corrected chi connectivity index (χ3v) is 4.20. The molecule has 0 fully saturated rings. The normalized spacial score (nSPS) is 13.5. The van der Waals surface area contributed by atoms with E-state index in [4.69, 9.17) is 0 Å². The molecule has 4 heterocycles. The van der Waals surface area contributed by atoms with E-state index in [1.165, 1.54) is 0 Å². The first-order chi connectivity index (χ1) is 11.2. The van der Waals surface area contributed by atoms with Crippen molar-refractivity contribution in [2.75, 3.05) is 0 Å². The number of imidazole rings is 1. The van der Waals surface area contributed by atoms with Crippen LogP contribution in [0, 0.1) is 0 Å². The highest BCUT2D eigenvalue weighted by Crippen LogP contribution is 2.21. The monoisotopic (exact) mass is 307 g/mol. The van der Waals surface area contributed by atoms with Crippen molar-refractivity contribution in [1.82, 2.24) is 24.3 Å². The van der Waals surface area contributed by atoms with Crippen LogP contribution in [-0.2, 0) is 30.7 Å². The summed E-state index contributed by atoms with van der Waals surface area (Å²) < 4.78 is 1.95. The van der Waals surface area contributed by atoms with E-state index in [1.807, 2.05) is 46.8 Å². The maximum absolute atomic E-state index is 12.6. The molecule has 0 unspecified atom stereocenters. The highest BCUT2D eigenvalue weighted by molar-refractivity contribution is 5.79. The first-order valence-electron chi connectivity index (χ1n) is 7.77. The molecule has 23 heavy (non-hydrogen) atoms. The molecule has 0 N–H and O–H groups in total. The van der Waals surface area contributed by atoms with Gasteiger partial charge >= 0.3 is 0 Å². The summed E-state index contributed by atoms with van der Waals surface area (Å²) in [6.45, 7) is 3.19. The van der Waals surface area contributed by atoms with E-state index in [9.17, 15) is 4.79 Å². The summed E-state index contributed by atoms with van der Waals surface area (Å²) in [5.74, 6) is 0.923. The van der Waals surface area contributed by atoms with E-state index in [1.54, 1.807) is 6.20 Å². The maximum Gasteiger partial charge on any atom is 0.229 e. The smallest absolute Gasteiger partial charge is 0.229 e. The summed E-state index contributed by atoms with van der Waals surface area (Å²) in [5, 5.41) is 0. The maximum atomic E-state index is 12.6. The number of amides is 1. The summed E-state index contributed by atoms with van der Waals surface area (Å²) in [4.78, 5) is 27.6. The van der Waals surface area contributed by atoms with Gasteiger partial charge in [-0.05, 0) is 12.1 Å². The van der Waals surface area contributed by atoms with Crippen molar-refractivity contribution < 1.29 is 4.79 Å². The fraction of sp³-hybridized carbons (Fsp3) is 0.294. The zero-order chi connectivity index (χ0) is 15.8. The summed E-state index contributed by atoms with van der Waals surface area (Å²) in [6.07, 6.45) is 6.70. The second kappa shape index (κ2) is 5.46. The molecule has 0 radical (unpaired) electrons. The number of aryl methyl sites for hydroxylation is 1. The van der Waals surface area contributed by atoms with Crippen LogP contribution in [0.4, 0.5) is 0 Å². The van der Waals surface area contributed by atoms with Crippen molar-refractivity contribution in [3.63, 3.8) is 0 Å². The van der Waals surface area contributed by atoms with Gasteiger partial charge in [-0.1, -0.05) is 13.0 Å². The fourth-order valence-electron chi connectivity index (χ4n) is 2.92. The van der Waals surface area contributed by atoms with Gasteiger partial charge in [-0.15, -0.1) is 0 Å². The van der Waals surface area contributed by atoms with Gasteiger partial charge in [0.15, 0.2) is 0 Å². The van der Waals surface area contributed by atoms with Crippen LogP contribution in [0.2, 0.25) is 0 Å². The molecule has 0 aliphatic carbocycles. The Kier molecular flexibility index (Phi) is 3.29. The average molecular weight is 307 g/mol. The third kappa shape index (κ3) is 2.46. The molecule has 3 aromatic heterocycles. The van der Waals surface area contributed by atoms with Crippen LogP contribution in [0.1, 0.15) is 29.7 Å². The molecule has 1 amide bonds. The minimum Gasteiger partial charge on any atom is -0.332 e. The van der Waals surface area contributed by atoms with Crippen LogP contribution in [-0.4, -0.2) is 30.2 Å². The number of hydrogen-bond donors (Lipinski definition) is 0. The number of hydrogen-bond acceptors (Lipinski definition) is 4. The van der Waals surface area contributed by atoms with Crippen molar-refractivity contribution in [3.05, 3.63) is 59.6 Å². The lowest BCUT2D eigenvalue weighted by Crippen LogP contribution is -2.27. The molecule has 3 aromatic rings. The van der Waals surface area contributed by atoms with Crippen molar-refractivity contribution in [3.8, 4) is 0 Å². The number of carbonyl (C=O) groups is 1. The Labute approximate surface area is 133 Å². The Morgan fingerprint density at radius 3 is 3.00 bits per heavy atom. The first-order valence-corrected chi connectivity index (χ1v) is 7.77. The third-order valence-electron chi connectivity index (χ3n) is 4.20. The van der Waals surface area contributed by atoms with Gasteiger partial charge in [-0.25, -0.2) is 15.0 Å². The molecular weight excluding hydrogens is 290 g/mol. The Balaban J connectivity index is 1.52. The van der Waals surface area contributed by atoms with E-state index in [0.717, 1.165) is 34.8 Å². The lowest BCUT2D eigenvalue weighted by Gasteiger charge is -2.14. The van der Waals surface area contributed by atoms with Gasteiger partial charge in [0.2, 0.25) is 5.91 Å². The van der Waals surface area contributed by atoms with E-state index < -0.39 is 0 Å². The molecule has 0 aromatic carbocycles. The predicted molar refractivity (Wildman–Crippen MR) is 84.6 cm³/mol. The standard InChI is InChI=1S/C17H17N5O/c1-2-15-18-8-12-10-21(11-14(12)20-15)17(23)7-13-9-19-16-5-3-4-6-22(13)16/h3-6,8-9H,2,7,10-11H2,1H3. The van der Waals surface area contributed by atoms with Crippen LogP contribution in [0.25, 0.3) is 5.65 Å². The Morgan fingerprint density at radius 1 is 1.22 bits per heavy atom. The molecule has 4 rings (SSSR count). The van der Waals surface area contributed by atoms with Crippen LogP contribution in [0.3, 0.4) is 0 Å². The van der Waals surface area contributed by atoms with Gasteiger partial charge in [0.05, 0.1) is 24.4 Å². The molecule has 0 saturated heterocycles. The molecule has 0 atom stereocenters. The number of fused-ring (bicyclic) bond motifs is 2. The number of nitrogens with zero attached hydrogens (tertiary/aromatic N) is 5. The van der Waals surface area contributed by atoms with Gasteiger partial charge in [-0.3, -0.25) is 4.79 Å². The van der Waals surface area contributed by atoms with Crippen LogP contribution >= 0.6 is 0 Å². The summed E-state index contributed by atoms with van der Waals surface area (Å²) in [7, 11) is 0. The topological polar surface area (TPSA) is 63.4 Å². The van der Waals surface area contributed by atoms with E-state index in [-0.39, 0.29) is 5.91 Å². The molecule has 6 heteroatoms. The van der Waals surface area contributed by atoms with E-state index in [0.29, 0.717) is 19.5 Å². The van der Waals surface area contributed by atoms with Gasteiger partial charge < -0.3 is 9.30 Å². The van der Waals surface area contributed by atoms with Crippen molar-refractivity contribution >= 4 is 11.6 Å². The van der Waals surface area contributed by atoms with Gasteiger partial charge in [0.1, 0.15) is 11.5 Å². The molecule has 0 spiro atoms. The first kappa shape index (κ1) is 13.9. The molecule has 1 aliphatic rings. The van der Waals surface area contributed by atoms with Gasteiger partial charge in [-0.2, -0.15) is 0 Å². The average Bonchev–Trinajstić information content (AvgIpc) is 3.18. The molecule has 116 valence electrons. The molecule has 0 saturated carbocycles. The minimum absolute atomic E-state index is 0.0895. The Bertz CT molecular complexity index is 886. The highest BCUT2D eigenvalue weighted by Gasteiger charge is 2.25. The predicted octanol–water partition coefficient (Wildman–Crippen LogP) is 1.77. The lowest BCUT2D eigenvalue weighted by molar-refractivity contribution is -0.131. The summed E-state index contributed by atoms with van der Waals surface area (Å²) in [6, 6.07) is 5.81. The Hall–Kier alpha value is -2.76. The fourth-order valence-corrected chi connectivity index (χ4v) is 2.92. The molecule has 1 aliphatic heterocycles. The molecular formula is C17H17N5O. The molecule has 0 bridgehead atoms. The minimum atomic E-state index is 0.0895. The van der Waals surface area contributed by atoms with Crippen LogP contribution < -0.4 is 0 Å². The zero-order valence-corrected chi connectivity index (χ0v) is 12.9. The quantitative estimate of drug-likeness (QED) is 0.740. The van der Waals surface area contributed by atoms with E-state index >= 15 is 0 Å². The van der Waals surface area contributed by atoms with Gasteiger partial charge in [0, 0.05) is 37.1 Å². The van der Waals surface area contributed by atoms with Crippen molar-refractivity contribution in [1.29, 1.82) is 0 Å². The largest absolute Gasteiger partial charge is 0.332 e. The van der Waals surface area contributed by atoms with Crippen LogP contribution in [0.5, 0.6) is 0 Å². The number of pyridine rings is 1. The van der Waals surface area contributed by atoms with Gasteiger partial charge in [0.25, 0.3) is 0 Å². The van der Waals surface area contributed by atoms with Crippen LogP contribution in [0.15, 0.2) is 36.8 Å². The second-order valence-electron chi connectivity index (χ2n) is 5.72. The van der Waals surface area contributed by atoms with Crippen molar-refractivity contribution in [2.24, 2.45) is 0 Å².